The summed E-state index contributed by atoms with van der Waals surface area (Å²) in [7, 11) is 2.97. The van der Waals surface area contributed by atoms with Gasteiger partial charge in [-0.3, -0.25) is 18.9 Å². The van der Waals surface area contributed by atoms with E-state index in [0.29, 0.717) is 11.4 Å². The minimum Gasteiger partial charge on any atom is -0.316 e. The first-order valence-electron chi connectivity index (χ1n) is 7.06. The first-order chi connectivity index (χ1) is 11.6. The van der Waals surface area contributed by atoms with E-state index in [0.717, 1.165) is 4.57 Å². The molecule has 4 aromatic rings. The molecule has 0 aliphatic rings. The number of aryl methyl sites for hydroxylation is 1. The Morgan fingerprint density at radius 2 is 1.92 bits per heavy atom. The van der Waals surface area contributed by atoms with Crippen molar-refractivity contribution in [2.75, 3.05) is 0 Å². The molecule has 0 fully saturated rings. The van der Waals surface area contributed by atoms with E-state index in [1.807, 2.05) is 18.2 Å². The number of aromatic nitrogens is 8. The van der Waals surface area contributed by atoms with Gasteiger partial charge in [-0.25, -0.2) is 4.79 Å². The number of hydrogen-bond acceptors (Lipinski definition) is 6. The second kappa shape index (κ2) is 4.98. The second-order valence-electron chi connectivity index (χ2n) is 5.23. The maximum absolute atomic E-state index is 12.2. The third-order valence-electron chi connectivity index (χ3n) is 3.72. The fraction of sp³-hybridized carbons (Fsp3) is 0.143. The lowest BCUT2D eigenvalue weighted by Gasteiger charge is -2.00. The van der Waals surface area contributed by atoms with Gasteiger partial charge in [0.15, 0.2) is 11.2 Å². The van der Waals surface area contributed by atoms with E-state index in [-0.39, 0.29) is 17.1 Å². The van der Waals surface area contributed by atoms with Crippen molar-refractivity contribution in [3.8, 4) is 17.3 Å². The van der Waals surface area contributed by atoms with Gasteiger partial charge in [-0.05, 0) is 12.1 Å². The van der Waals surface area contributed by atoms with Crippen molar-refractivity contribution in [2.24, 2.45) is 14.1 Å². The van der Waals surface area contributed by atoms with Gasteiger partial charge in [0.25, 0.3) is 5.56 Å². The van der Waals surface area contributed by atoms with Gasteiger partial charge < -0.3 is 4.98 Å². The quantitative estimate of drug-likeness (QED) is 0.536. The fourth-order valence-electron chi connectivity index (χ4n) is 2.42. The Bertz CT molecular complexity index is 1170. The number of nitrogens with one attached hydrogen (secondary N) is 1. The summed E-state index contributed by atoms with van der Waals surface area (Å²) in [5, 5.41) is 8.05. The van der Waals surface area contributed by atoms with E-state index in [2.05, 4.69) is 25.3 Å². The average Bonchev–Trinajstić information content (AvgIpc) is 3.26. The first kappa shape index (κ1) is 14.1. The van der Waals surface area contributed by atoms with E-state index in [1.54, 1.807) is 19.4 Å². The molecule has 0 amide bonds. The van der Waals surface area contributed by atoms with Crippen molar-refractivity contribution >= 4 is 11.2 Å². The summed E-state index contributed by atoms with van der Waals surface area (Å²) in [5.41, 5.74) is 0.828. The molecule has 120 valence electrons. The van der Waals surface area contributed by atoms with E-state index in [9.17, 15) is 9.59 Å². The van der Waals surface area contributed by atoms with Gasteiger partial charge in [-0.15, -0.1) is 5.10 Å². The van der Waals surface area contributed by atoms with Crippen LogP contribution in [-0.2, 0) is 14.1 Å². The number of rotatable bonds is 2. The van der Waals surface area contributed by atoms with Crippen LogP contribution < -0.4 is 11.2 Å². The zero-order valence-electron chi connectivity index (χ0n) is 12.8. The maximum atomic E-state index is 12.2. The van der Waals surface area contributed by atoms with Crippen molar-refractivity contribution < 1.29 is 0 Å². The molecule has 0 aliphatic heterocycles. The van der Waals surface area contributed by atoms with Gasteiger partial charge in [-0.2, -0.15) is 9.67 Å². The lowest BCUT2D eigenvalue weighted by Crippen LogP contribution is -2.36. The summed E-state index contributed by atoms with van der Waals surface area (Å²) in [6.07, 6.45) is 3.30. The third-order valence-corrected chi connectivity index (χ3v) is 3.72. The summed E-state index contributed by atoms with van der Waals surface area (Å²) in [5.74, 6) is 0.290. The minimum atomic E-state index is -0.447. The molecule has 0 unspecified atom stereocenters. The van der Waals surface area contributed by atoms with Crippen molar-refractivity contribution in [1.82, 2.24) is 39.1 Å². The van der Waals surface area contributed by atoms with E-state index < -0.39 is 11.2 Å². The van der Waals surface area contributed by atoms with Gasteiger partial charge in [0.2, 0.25) is 5.95 Å². The number of H-pyrrole nitrogens is 1. The van der Waals surface area contributed by atoms with Crippen molar-refractivity contribution in [2.45, 2.75) is 0 Å². The lowest BCUT2D eigenvalue weighted by molar-refractivity contribution is 0.708. The van der Waals surface area contributed by atoms with Gasteiger partial charge in [0.05, 0.1) is 11.9 Å². The predicted molar refractivity (Wildman–Crippen MR) is 84.7 cm³/mol. The van der Waals surface area contributed by atoms with Crippen LogP contribution in [0.15, 0.2) is 40.2 Å². The Balaban J connectivity index is 1.88. The van der Waals surface area contributed by atoms with Crippen LogP contribution in [-0.4, -0.2) is 39.1 Å². The van der Waals surface area contributed by atoms with Crippen LogP contribution in [0.25, 0.3) is 28.5 Å². The Morgan fingerprint density at radius 3 is 2.67 bits per heavy atom. The highest BCUT2D eigenvalue weighted by molar-refractivity contribution is 5.71. The van der Waals surface area contributed by atoms with Gasteiger partial charge in [-0.1, -0.05) is 11.3 Å². The molecule has 4 aromatic heterocycles. The van der Waals surface area contributed by atoms with Gasteiger partial charge in [0.1, 0.15) is 5.69 Å². The molecule has 10 heteroatoms. The molecule has 10 nitrogen and oxygen atoms in total. The zero-order chi connectivity index (χ0) is 16.8. The van der Waals surface area contributed by atoms with Crippen molar-refractivity contribution in [3.63, 3.8) is 0 Å². The monoisotopic (exact) mass is 324 g/mol. The molecule has 4 heterocycles. The smallest absolute Gasteiger partial charge is 0.316 e. The first-order valence-corrected chi connectivity index (χ1v) is 7.06. The van der Waals surface area contributed by atoms with Crippen molar-refractivity contribution in [3.05, 3.63) is 51.4 Å². The van der Waals surface area contributed by atoms with Crippen LogP contribution in [0, 0.1) is 0 Å². The number of pyridine rings is 1. The highest BCUT2D eigenvalue weighted by Crippen LogP contribution is 2.14. The standard InChI is InChI=1S/C14H12N8O2/c1-20-11-10(12(23)21(2)14(20)24)16-13(17-11)22-7-9(18-19-22)8-5-3-4-6-15-8/h3-7H,1-2H3,(H,16,17). The Labute approximate surface area is 134 Å². The molecule has 0 saturated heterocycles. The maximum Gasteiger partial charge on any atom is 0.332 e. The molecule has 4 rings (SSSR count). The lowest BCUT2D eigenvalue weighted by atomic mass is 10.3. The van der Waals surface area contributed by atoms with Crippen LogP contribution in [0.1, 0.15) is 0 Å². The highest BCUT2D eigenvalue weighted by atomic mass is 16.2. The van der Waals surface area contributed by atoms with Crippen LogP contribution >= 0.6 is 0 Å². The molecule has 0 bridgehead atoms. The number of nitrogens with zero attached hydrogens (tertiary/aromatic N) is 7. The molecule has 0 saturated carbocycles. The number of fused-ring (bicyclic) bond motifs is 1. The fourth-order valence-corrected chi connectivity index (χ4v) is 2.42. The summed E-state index contributed by atoms with van der Waals surface area (Å²) in [6.45, 7) is 0. The molecular formula is C14H12N8O2. The largest absolute Gasteiger partial charge is 0.332 e. The molecule has 24 heavy (non-hydrogen) atoms. The summed E-state index contributed by atoms with van der Waals surface area (Å²) in [4.78, 5) is 35.5. The number of aromatic amines is 1. The van der Waals surface area contributed by atoms with Crippen LogP contribution in [0.3, 0.4) is 0 Å². The zero-order valence-corrected chi connectivity index (χ0v) is 12.8. The van der Waals surface area contributed by atoms with Gasteiger partial charge in [0, 0.05) is 20.3 Å². The average molecular weight is 324 g/mol. The molecule has 0 spiro atoms. The topological polar surface area (TPSA) is 116 Å². The Hall–Kier alpha value is -3.56. The Kier molecular flexibility index (Phi) is 2.92. The third kappa shape index (κ3) is 1.96. The van der Waals surface area contributed by atoms with Crippen LogP contribution in [0.4, 0.5) is 0 Å². The summed E-state index contributed by atoms with van der Waals surface area (Å²) < 4.78 is 3.71. The molecule has 0 atom stereocenters. The second-order valence-corrected chi connectivity index (χ2v) is 5.23. The van der Waals surface area contributed by atoms with Crippen LogP contribution in [0.5, 0.6) is 0 Å². The SMILES string of the molecule is Cn1c(=O)c2[nH]c(-n3cc(-c4ccccn4)nn3)nc2n(C)c1=O. The van der Waals surface area contributed by atoms with E-state index >= 15 is 0 Å². The molecule has 1 N–H and O–H groups in total. The molecular weight excluding hydrogens is 312 g/mol. The predicted octanol–water partition coefficient (Wildman–Crippen LogP) is -0.397. The Morgan fingerprint density at radius 1 is 1.08 bits per heavy atom. The molecule has 0 aromatic carbocycles. The number of hydrogen-bond donors (Lipinski definition) is 1. The molecule has 0 aliphatic carbocycles. The minimum absolute atomic E-state index is 0.226. The summed E-state index contributed by atoms with van der Waals surface area (Å²) >= 11 is 0. The van der Waals surface area contributed by atoms with Crippen molar-refractivity contribution in [1.29, 1.82) is 0 Å². The summed E-state index contributed by atoms with van der Waals surface area (Å²) in [6, 6.07) is 5.47. The van der Waals surface area contributed by atoms with E-state index in [1.165, 1.54) is 16.3 Å². The normalized spacial score (nSPS) is 11.2. The van der Waals surface area contributed by atoms with E-state index in [4.69, 9.17) is 0 Å². The van der Waals surface area contributed by atoms with Crippen LogP contribution in [0.2, 0.25) is 0 Å². The van der Waals surface area contributed by atoms with Gasteiger partial charge >= 0.3 is 5.69 Å². The number of imidazole rings is 1. The highest BCUT2D eigenvalue weighted by Gasteiger charge is 2.15. The molecule has 0 radical (unpaired) electrons.